The third kappa shape index (κ3) is 3.85. The van der Waals surface area contributed by atoms with Gasteiger partial charge in [0.1, 0.15) is 0 Å². The van der Waals surface area contributed by atoms with E-state index in [1.54, 1.807) is 19.2 Å². The Hall–Kier alpha value is -1.88. The normalized spacial score (nSPS) is 11.7. The van der Waals surface area contributed by atoms with Crippen molar-refractivity contribution in [1.82, 2.24) is 10.6 Å². The van der Waals surface area contributed by atoms with Crippen LogP contribution in [-0.2, 0) is 11.3 Å². The molecule has 0 bridgehead atoms. The molecule has 0 spiro atoms. The number of nitrogens with one attached hydrogen (secondary N) is 2. The van der Waals surface area contributed by atoms with E-state index in [1.807, 2.05) is 19.1 Å². The summed E-state index contributed by atoms with van der Waals surface area (Å²) in [6, 6.07) is 6.60. The van der Waals surface area contributed by atoms with E-state index >= 15 is 0 Å². The minimum atomic E-state index is -0.463. The maximum absolute atomic E-state index is 11.5. The summed E-state index contributed by atoms with van der Waals surface area (Å²) in [5, 5.41) is 5.30. The lowest BCUT2D eigenvalue weighted by molar-refractivity contribution is -0.122. The Morgan fingerprint density at radius 3 is 2.39 bits per heavy atom. The summed E-state index contributed by atoms with van der Waals surface area (Å²) in [7, 11) is 1.59. The molecule has 0 saturated heterocycles. The largest absolute Gasteiger partial charge is 0.355 e. The van der Waals surface area contributed by atoms with Gasteiger partial charge in [-0.2, -0.15) is 0 Å². The highest BCUT2D eigenvalue weighted by Crippen LogP contribution is 2.04. The van der Waals surface area contributed by atoms with Gasteiger partial charge < -0.3 is 16.4 Å². The van der Waals surface area contributed by atoms with Crippen molar-refractivity contribution in [2.75, 3.05) is 7.05 Å². The van der Waals surface area contributed by atoms with Crippen LogP contribution in [0.1, 0.15) is 29.3 Å². The van der Waals surface area contributed by atoms with Crippen molar-refractivity contribution in [3.8, 4) is 0 Å². The molecule has 1 rings (SSSR count). The van der Waals surface area contributed by atoms with Crippen molar-refractivity contribution < 1.29 is 9.59 Å². The molecular formula is C13H19N3O2. The predicted octanol–water partition coefficient (Wildman–Crippen LogP) is 0.400. The van der Waals surface area contributed by atoms with Crippen LogP contribution in [0.5, 0.6) is 0 Å². The molecule has 98 valence electrons. The molecular weight excluding hydrogens is 230 g/mol. The first-order valence-corrected chi connectivity index (χ1v) is 5.92. The number of hydrogen-bond donors (Lipinski definition) is 3. The van der Waals surface area contributed by atoms with Gasteiger partial charge in [-0.3, -0.25) is 9.59 Å². The van der Waals surface area contributed by atoms with Gasteiger partial charge in [0, 0.05) is 19.2 Å². The van der Waals surface area contributed by atoms with Crippen molar-refractivity contribution in [2.45, 2.75) is 25.9 Å². The van der Waals surface area contributed by atoms with E-state index in [4.69, 9.17) is 5.73 Å². The molecule has 1 atom stereocenters. The zero-order chi connectivity index (χ0) is 13.5. The fourth-order valence-corrected chi connectivity index (χ4v) is 1.42. The molecule has 0 fully saturated rings. The maximum Gasteiger partial charge on any atom is 0.251 e. The number of carbonyl (C=O) groups excluding carboxylic acids is 2. The van der Waals surface area contributed by atoms with Crippen LogP contribution in [0.25, 0.3) is 0 Å². The molecule has 5 heteroatoms. The van der Waals surface area contributed by atoms with Crippen LogP contribution in [0.4, 0.5) is 0 Å². The van der Waals surface area contributed by atoms with Gasteiger partial charge >= 0.3 is 0 Å². The van der Waals surface area contributed by atoms with E-state index in [2.05, 4.69) is 10.6 Å². The summed E-state index contributed by atoms with van der Waals surface area (Å²) in [6.07, 6.45) is 0.613. The van der Waals surface area contributed by atoms with E-state index < -0.39 is 6.04 Å². The van der Waals surface area contributed by atoms with E-state index in [-0.39, 0.29) is 11.8 Å². The zero-order valence-electron chi connectivity index (χ0n) is 10.7. The molecule has 1 aromatic rings. The highest BCUT2D eigenvalue weighted by Gasteiger charge is 2.10. The molecule has 4 N–H and O–H groups in total. The highest BCUT2D eigenvalue weighted by atomic mass is 16.2. The number of carbonyl (C=O) groups is 2. The second-order valence-corrected chi connectivity index (χ2v) is 4.01. The molecule has 2 amide bonds. The molecule has 0 unspecified atom stereocenters. The molecule has 0 saturated carbocycles. The lowest BCUT2D eigenvalue weighted by Gasteiger charge is -2.10. The summed E-state index contributed by atoms with van der Waals surface area (Å²) in [4.78, 5) is 22.8. The molecule has 0 heterocycles. The van der Waals surface area contributed by atoms with E-state index in [1.165, 1.54) is 0 Å². The minimum Gasteiger partial charge on any atom is -0.355 e. The van der Waals surface area contributed by atoms with Gasteiger partial charge in [0.15, 0.2) is 0 Å². The molecule has 5 nitrogen and oxygen atoms in total. The van der Waals surface area contributed by atoms with Crippen LogP contribution in [0.3, 0.4) is 0 Å². The van der Waals surface area contributed by atoms with Gasteiger partial charge in [-0.05, 0) is 24.1 Å². The van der Waals surface area contributed by atoms with Crippen molar-refractivity contribution in [3.05, 3.63) is 35.4 Å². The van der Waals surface area contributed by atoms with Crippen molar-refractivity contribution in [2.24, 2.45) is 5.73 Å². The number of benzene rings is 1. The first-order chi connectivity index (χ1) is 8.58. The zero-order valence-corrected chi connectivity index (χ0v) is 10.7. The van der Waals surface area contributed by atoms with Crippen molar-refractivity contribution >= 4 is 11.8 Å². The predicted molar refractivity (Wildman–Crippen MR) is 69.9 cm³/mol. The fourth-order valence-electron chi connectivity index (χ4n) is 1.42. The summed E-state index contributed by atoms with van der Waals surface area (Å²) >= 11 is 0. The lowest BCUT2D eigenvalue weighted by Crippen LogP contribution is -2.39. The second-order valence-electron chi connectivity index (χ2n) is 4.01. The van der Waals surface area contributed by atoms with Gasteiger partial charge in [-0.1, -0.05) is 19.1 Å². The van der Waals surface area contributed by atoms with Crippen LogP contribution < -0.4 is 16.4 Å². The molecule has 0 aliphatic heterocycles. The summed E-state index contributed by atoms with van der Waals surface area (Å²) < 4.78 is 0. The monoisotopic (exact) mass is 249 g/mol. The number of rotatable bonds is 5. The molecule has 1 aromatic carbocycles. The fraction of sp³-hybridized carbons (Fsp3) is 0.385. The molecule has 0 radical (unpaired) electrons. The first-order valence-electron chi connectivity index (χ1n) is 5.92. The Balaban J connectivity index is 2.54. The van der Waals surface area contributed by atoms with Crippen LogP contribution in [0.2, 0.25) is 0 Å². The summed E-state index contributed by atoms with van der Waals surface area (Å²) in [5.74, 6) is -0.286. The van der Waals surface area contributed by atoms with Gasteiger partial charge in [0.25, 0.3) is 5.91 Å². The Bertz CT molecular complexity index is 415. The average molecular weight is 249 g/mol. The summed E-state index contributed by atoms with van der Waals surface area (Å²) in [5.41, 5.74) is 7.12. The molecule has 0 aromatic heterocycles. The topological polar surface area (TPSA) is 84.2 Å². The first kappa shape index (κ1) is 14.2. The highest BCUT2D eigenvalue weighted by molar-refractivity contribution is 5.93. The Labute approximate surface area is 107 Å². The minimum absolute atomic E-state index is 0.126. The van der Waals surface area contributed by atoms with Crippen LogP contribution in [0.15, 0.2) is 24.3 Å². The van der Waals surface area contributed by atoms with Gasteiger partial charge in [0.2, 0.25) is 5.91 Å². The number of hydrogen-bond acceptors (Lipinski definition) is 3. The van der Waals surface area contributed by atoms with Crippen LogP contribution in [0, 0.1) is 0 Å². The standard InChI is InChI=1S/C13H19N3O2/c1-3-11(14)13(18)16-8-9-4-6-10(7-5-9)12(17)15-2/h4-7,11H,3,8,14H2,1-2H3,(H,15,17)(H,16,18)/t11-/m0/s1. The van der Waals surface area contributed by atoms with Crippen molar-refractivity contribution in [3.63, 3.8) is 0 Å². The quantitative estimate of drug-likeness (QED) is 0.706. The summed E-state index contributed by atoms with van der Waals surface area (Å²) in [6.45, 7) is 2.28. The van der Waals surface area contributed by atoms with Crippen LogP contribution >= 0.6 is 0 Å². The van der Waals surface area contributed by atoms with Gasteiger partial charge in [-0.25, -0.2) is 0 Å². The second kappa shape index (κ2) is 6.76. The van der Waals surface area contributed by atoms with E-state index in [0.717, 1.165) is 5.56 Å². The van der Waals surface area contributed by atoms with Gasteiger partial charge in [0.05, 0.1) is 6.04 Å². The molecule has 0 aliphatic rings. The number of nitrogens with two attached hydrogens (primary N) is 1. The van der Waals surface area contributed by atoms with Crippen LogP contribution in [-0.4, -0.2) is 24.9 Å². The Kier molecular flexibility index (Phi) is 5.32. The molecule has 0 aliphatic carbocycles. The lowest BCUT2D eigenvalue weighted by atomic mass is 10.1. The third-order valence-electron chi connectivity index (χ3n) is 2.69. The third-order valence-corrected chi connectivity index (χ3v) is 2.69. The number of amides is 2. The average Bonchev–Trinajstić information content (AvgIpc) is 2.43. The van der Waals surface area contributed by atoms with Crippen molar-refractivity contribution in [1.29, 1.82) is 0 Å². The van der Waals surface area contributed by atoms with E-state index in [9.17, 15) is 9.59 Å². The van der Waals surface area contributed by atoms with Gasteiger partial charge in [-0.15, -0.1) is 0 Å². The maximum atomic E-state index is 11.5. The van der Waals surface area contributed by atoms with E-state index in [0.29, 0.717) is 18.5 Å². The molecule has 18 heavy (non-hydrogen) atoms. The SMILES string of the molecule is CC[C@H](N)C(=O)NCc1ccc(C(=O)NC)cc1. The Morgan fingerprint density at radius 1 is 1.28 bits per heavy atom. The smallest absolute Gasteiger partial charge is 0.251 e. The Morgan fingerprint density at radius 2 is 1.89 bits per heavy atom.